The van der Waals surface area contributed by atoms with Crippen molar-refractivity contribution in [2.75, 3.05) is 11.9 Å². The molecule has 4 rings (SSSR count). The molecule has 2 N–H and O–H groups in total. The third-order valence-corrected chi connectivity index (χ3v) is 8.36. The van der Waals surface area contributed by atoms with Crippen LogP contribution in [0.5, 0.6) is 0 Å². The SMILES string of the molecule is CC(C)(C)S(=O)(=O)c1oc2nc(-c3ccccc3Cl)c(-c3ccc(Cl)cc3)cc2c1NC(=O)CO. The highest BCUT2D eigenvalue weighted by Gasteiger charge is 2.38. The van der Waals surface area contributed by atoms with E-state index in [9.17, 15) is 18.3 Å². The maximum Gasteiger partial charge on any atom is 0.250 e. The predicted octanol–water partition coefficient (Wildman–Crippen LogP) is 5.97. The molecule has 0 fully saturated rings. The number of sulfone groups is 1. The Morgan fingerprint density at radius 1 is 1.06 bits per heavy atom. The number of furan rings is 1. The Balaban J connectivity index is 2.11. The number of hydrogen-bond acceptors (Lipinski definition) is 6. The van der Waals surface area contributed by atoms with E-state index in [2.05, 4.69) is 10.3 Å². The second kappa shape index (κ2) is 9.28. The summed E-state index contributed by atoms with van der Waals surface area (Å²) in [6.45, 7) is 3.73. The molecule has 4 aromatic rings. The Bertz CT molecular complexity index is 1540. The molecule has 2 aromatic heterocycles. The molecular formula is C25H22Cl2N2O5S. The average molecular weight is 533 g/mol. The number of carbonyl (C=O) groups is 1. The van der Waals surface area contributed by atoms with Crippen LogP contribution in [0.15, 0.2) is 64.1 Å². The predicted molar refractivity (Wildman–Crippen MR) is 138 cm³/mol. The lowest BCUT2D eigenvalue weighted by Crippen LogP contribution is -2.28. The van der Waals surface area contributed by atoms with E-state index < -0.39 is 32.2 Å². The number of aliphatic hydroxyl groups is 1. The first-order valence-corrected chi connectivity index (χ1v) is 12.8. The minimum Gasteiger partial charge on any atom is -0.424 e. The molecule has 0 bridgehead atoms. The molecule has 0 saturated carbocycles. The van der Waals surface area contributed by atoms with E-state index in [0.29, 0.717) is 26.9 Å². The number of fused-ring (bicyclic) bond motifs is 1. The van der Waals surface area contributed by atoms with Crippen LogP contribution in [0.25, 0.3) is 33.5 Å². The van der Waals surface area contributed by atoms with Gasteiger partial charge in [-0.15, -0.1) is 0 Å². The highest BCUT2D eigenvalue weighted by Crippen LogP contribution is 2.43. The Morgan fingerprint density at radius 3 is 2.31 bits per heavy atom. The van der Waals surface area contributed by atoms with Crippen LogP contribution in [-0.4, -0.2) is 35.8 Å². The van der Waals surface area contributed by atoms with Crippen LogP contribution in [0.2, 0.25) is 10.0 Å². The number of carbonyl (C=O) groups excluding carboxylic acids is 1. The Hall–Kier alpha value is -2.91. The lowest BCUT2D eigenvalue weighted by molar-refractivity contribution is -0.118. The zero-order valence-electron chi connectivity index (χ0n) is 19.1. The third kappa shape index (κ3) is 4.67. The number of aliphatic hydroxyl groups excluding tert-OH is 1. The summed E-state index contributed by atoms with van der Waals surface area (Å²) in [4.78, 5) is 16.8. The maximum atomic E-state index is 13.3. The fourth-order valence-electron chi connectivity index (χ4n) is 3.47. The van der Waals surface area contributed by atoms with Gasteiger partial charge >= 0.3 is 0 Å². The zero-order chi connectivity index (χ0) is 25.5. The van der Waals surface area contributed by atoms with Gasteiger partial charge in [-0.2, -0.15) is 0 Å². The second-order valence-corrected chi connectivity index (χ2v) is 12.3. The van der Waals surface area contributed by atoms with Crippen molar-refractivity contribution in [3.05, 3.63) is 64.6 Å². The van der Waals surface area contributed by atoms with Gasteiger partial charge in [0.2, 0.25) is 26.6 Å². The number of amides is 1. The molecule has 10 heteroatoms. The first-order valence-electron chi connectivity index (χ1n) is 10.6. The van der Waals surface area contributed by atoms with Crippen LogP contribution in [0.1, 0.15) is 20.8 Å². The quantitative estimate of drug-likeness (QED) is 0.327. The number of hydrogen-bond donors (Lipinski definition) is 2. The van der Waals surface area contributed by atoms with Gasteiger partial charge in [-0.05, 0) is 50.6 Å². The summed E-state index contributed by atoms with van der Waals surface area (Å²) >= 11 is 12.6. The fraction of sp³-hybridized carbons (Fsp3) is 0.200. The lowest BCUT2D eigenvalue weighted by atomic mass is 9.98. The number of nitrogens with one attached hydrogen (secondary N) is 1. The van der Waals surface area contributed by atoms with Crippen LogP contribution >= 0.6 is 23.2 Å². The molecule has 0 saturated heterocycles. The molecule has 1 amide bonds. The van der Waals surface area contributed by atoms with Gasteiger partial charge in [0.25, 0.3) is 0 Å². The number of nitrogens with zero attached hydrogens (tertiary/aromatic N) is 1. The maximum absolute atomic E-state index is 13.3. The van der Waals surface area contributed by atoms with Gasteiger partial charge in [0, 0.05) is 21.2 Å². The van der Waals surface area contributed by atoms with E-state index in [-0.39, 0.29) is 16.8 Å². The number of pyridine rings is 1. The fourth-order valence-corrected chi connectivity index (χ4v) is 5.00. The van der Waals surface area contributed by atoms with Crippen molar-refractivity contribution in [2.45, 2.75) is 30.6 Å². The van der Waals surface area contributed by atoms with E-state index in [1.807, 2.05) is 6.07 Å². The molecule has 0 unspecified atom stereocenters. The van der Waals surface area contributed by atoms with E-state index in [1.165, 1.54) is 20.8 Å². The van der Waals surface area contributed by atoms with Crippen LogP contribution in [0.3, 0.4) is 0 Å². The van der Waals surface area contributed by atoms with Gasteiger partial charge in [0.1, 0.15) is 12.3 Å². The molecule has 0 aliphatic rings. The molecule has 35 heavy (non-hydrogen) atoms. The molecule has 0 aliphatic carbocycles. The molecule has 0 radical (unpaired) electrons. The molecule has 0 atom stereocenters. The van der Waals surface area contributed by atoms with Gasteiger partial charge < -0.3 is 14.8 Å². The standard InChI is InChI=1S/C25H22Cl2N2O5S/c1-25(2,3)35(32,33)24-22(28-20(31)13-30)18-12-17(14-8-10-15(26)11-9-14)21(29-23(18)34-24)16-6-4-5-7-19(16)27/h4-12,30H,13H2,1-3H3,(H,28,31). The van der Waals surface area contributed by atoms with Crippen LogP contribution < -0.4 is 5.32 Å². The topological polar surface area (TPSA) is 110 Å². The van der Waals surface area contributed by atoms with Crippen LogP contribution in [0.4, 0.5) is 5.69 Å². The highest BCUT2D eigenvalue weighted by molar-refractivity contribution is 7.92. The second-order valence-electron chi connectivity index (χ2n) is 8.81. The first-order chi connectivity index (χ1) is 16.4. The summed E-state index contributed by atoms with van der Waals surface area (Å²) in [6, 6.07) is 15.8. The number of anilines is 1. The van der Waals surface area contributed by atoms with Gasteiger partial charge in [0.05, 0.1) is 15.8 Å². The lowest BCUT2D eigenvalue weighted by Gasteiger charge is -2.18. The van der Waals surface area contributed by atoms with Crippen molar-refractivity contribution < 1.29 is 22.7 Å². The molecule has 182 valence electrons. The van der Waals surface area contributed by atoms with Gasteiger partial charge in [0.15, 0.2) is 0 Å². The van der Waals surface area contributed by atoms with Crippen molar-refractivity contribution in [3.63, 3.8) is 0 Å². The van der Waals surface area contributed by atoms with Crippen LogP contribution in [0, 0.1) is 0 Å². The van der Waals surface area contributed by atoms with E-state index in [0.717, 1.165) is 5.56 Å². The zero-order valence-corrected chi connectivity index (χ0v) is 21.4. The summed E-state index contributed by atoms with van der Waals surface area (Å²) in [5.74, 6) is -0.790. The number of benzene rings is 2. The summed E-state index contributed by atoms with van der Waals surface area (Å²) in [5.41, 5.74) is 2.33. The molecular weight excluding hydrogens is 511 g/mol. The Labute approximate surface area is 212 Å². The van der Waals surface area contributed by atoms with Crippen molar-refractivity contribution in [1.82, 2.24) is 4.98 Å². The third-order valence-electron chi connectivity index (χ3n) is 5.39. The molecule has 7 nitrogen and oxygen atoms in total. The Morgan fingerprint density at radius 2 is 1.71 bits per heavy atom. The summed E-state index contributed by atoms with van der Waals surface area (Å²) < 4.78 is 31.2. The molecule has 2 heterocycles. The van der Waals surface area contributed by atoms with Crippen molar-refractivity contribution in [3.8, 4) is 22.4 Å². The van der Waals surface area contributed by atoms with Gasteiger partial charge in [-0.3, -0.25) is 4.79 Å². The number of halogens is 2. The van der Waals surface area contributed by atoms with E-state index >= 15 is 0 Å². The highest BCUT2D eigenvalue weighted by atomic mass is 35.5. The Kier molecular flexibility index (Phi) is 6.68. The minimum absolute atomic E-state index is 0.00584. The number of rotatable bonds is 5. The first kappa shape index (κ1) is 25.2. The molecule has 0 spiro atoms. The molecule has 2 aromatic carbocycles. The van der Waals surface area contributed by atoms with Crippen molar-refractivity contribution in [2.24, 2.45) is 0 Å². The average Bonchev–Trinajstić information content (AvgIpc) is 3.16. The normalized spacial score (nSPS) is 12.2. The van der Waals surface area contributed by atoms with Crippen molar-refractivity contribution in [1.29, 1.82) is 0 Å². The number of aromatic nitrogens is 1. The van der Waals surface area contributed by atoms with Crippen molar-refractivity contribution >= 4 is 55.7 Å². The summed E-state index contributed by atoms with van der Waals surface area (Å²) in [6.07, 6.45) is 0. The molecule has 0 aliphatic heterocycles. The smallest absolute Gasteiger partial charge is 0.250 e. The van der Waals surface area contributed by atoms with E-state index in [4.69, 9.17) is 27.6 Å². The minimum atomic E-state index is -4.04. The summed E-state index contributed by atoms with van der Waals surface area (Å²) in [5, 5.41) is 12.6. The summed E-state index contributed by atoms with van der Waals surface area (Å²) in [7, 11) is -4.04. The van der Waals surface area contributed by atoms with Gasteiger partial charge in [-0.1, -0.05) is 53.5 Å². The largest absolute Gasteiger partial charge is 0.424 e. The monoisotopic (exact) mass is 532 g/mol. The van der Waals surface area contributed by atoms with E-state index in [1.54, 1.807) is 48.5 Å². The van der Waals surface area contributed by atoms with Crippen LogP contribution in [-0.2, 0) is 14.6 Å². The van der Waals surface area contributed by atoms with Gasteiger partial charge in [-0.25, -0.2) is 13.4 Å².